The lowest BCUT2D eigenvalue weighted by Gasteiger charge is -2.19. The molecule has 0 aromatic heterocycles. The summed E-state index contributed by atoms with van der Waals surface area (Å²) in [4.78, 5) is 2.08. The van der Waals surface area contributed by atoms with Crippen molar-refractivity contribution in [2.45, 2.75) is 20.4 Å². The van der Waals surface area contributed by atoms with E-state index in [2.05, 4.69) is 18.7 Å². The van der Waals surface area contributed by atoms with Crippen molar-refractivity contribution < 1.29 is 4.39 Å². The normalized spacial score (nSPS) is 11.2. The van der Waals surface area contributed by atoms with Crippen LogP contribution in [-0.4, -0.2) is 24.3 Å². The third-order valence-corrected chi connectivity index (χ3v) is 2.48. The fourth-order valence-electron chi connectivity index (χ4n) is 1.82. The Bertz CT molecular complexity index is 402. The molecule has 1 rings (SSSR count). The van der Waals surface area contributed by atoms with E-state index in [0.29, 0.717) is 23.6 Å². The van der Waals surface area contributed by atoms with Crippen molar-refractivity contribution in [1.29, 1.82) is 5.41 Å². The van der Waals surface area contributed by atoms with Crippen LogP contribution in [0.4, 0.5) is 4.39 Å². The van der Waals surface area contributed by atoms with Crippen molar-refractivity contribution >= 4 is 5.84 Å². The average molecular weight is 237 g/mol. The van der Waals surface area contributed by atoms with Crippen LogP contribution in [0.15, 0.2) is 18.2 Å². The number of nitrogens with one attached hydrogen (secondary N) is 1. The zero-order chi connectivity index (χ0) is 13.0. The molecular formula is C13H20FN3. The Morgan fingerprint density at radius 2 is 2.12 bits per heavy atom. The van der Waals surface area contributed by atoms with Crippen LogP contribution in [0.5, 0.6) is 0 Å². The third kappa shape index (κ3) is 4.15. The smallest absolute Gasteiger partial charge is 0.128 e. The Labute approximate surface area is 102 Å². The summed E-state index contributed by atoms with van der Waals surface area (Å²) in [6, 6.07) is 4.70. The van der Waals surface area contributed by atoms with Crippen LogP contribution in [0.2, 0.25) is 0 Å². The predicted octanol–water partition coefficient (Wildman–Crippen LogP) is 2.20. The standard InChI is InChI=1S/C13H20FN3/c1-9(2)7-17(3)8-11-5-4-10(13(15)16)6-12(11)14/h4-6,9H,7-8H2,1-3H3,(H3,15,16). The lowest BCUT2D eigenvalue weighted by Crippen LogP contribution is -2.23. The highest BCUT2D eigenvalue weighted by Gasteiger charge is 2.08. The summed E-state index contributed by atoms with van der Waals surface area (Å²) in [5.74, 6) is 0.152. The van der Waals surface area contributed by atoms with Crippen molar-refractivity contribution in [1.82, 2.24) is 4.90 Å². The molecule has 3 N–H and O–H groups in total. The first kappa shape index (κ1) is 13.6. The van der Waals surface area contributed by atoms with Crippen LogP contribution < -0.4 is 5.73 Å². The Kier molecular flexibility index (Phi) is 4.63. The quantitative estimate of drug-likeness (QED) is 0.609. The minimum absolute atomic E-state index is 0.106. The molecule has 17 heavy (non-hydrogen) atoms. The molecule has 0 radical (unpaired) electrons. The van der Waals surface area contributed by atoms with E-state index in [4.69, 9.17) is 11.1 Å². The fraction of sp³-hybridized carbons (Fsp3) is 0.462. The highest BCUT2D eigenvalue weighted by molar-refractivity contribution is 5.94. The van der Waals surface area contributed by atoms with E-state index in [0.717, 1.165) is 6.54 Å². The fourth-order valence-corrected chi connectivity index (χ4v) is 1.82. The van der Waals surface area contributed by atoms with Crippen LogP contribution in [0, 0.1) is 17.1 Å². The Hall–Kier alpha value is -1.42. The molecule has 1 aromatic carbocycles. The molecule has 0 spiro atoms. The van der Waals surface area contributed by atoms with Gasteiger partial charge in [-0.15, -0.1) is 0 Å². The topological polar surface area (TPSA) is 53.1 Å². The van der Waals surface area contributed by atoms with E-state index >= 15 is 0 Å². The summed E-state index contributed by atoms with van der Waals surface area (Å²) in [6.45, 7) is 5.76. The molecular weight excluding hydrogens is 217 g/mol. The van der Waals surface area contributed by atoms with Gasteiger partial charge in [0.25, 0.3) is 0 Å². The minimum atomic E-state index is -0.298. The number of nitrogens with zero attached hydrogens (tertiary/aromatic N) is 1. The molecule has 3 nitrogen and oxygen atoms in total. The third-order valence-electron chi connectivity index (χ3n) is 2.48. The zero-order valence-electron chi connectivity index (χ0n) is 10.6. The summed E-state index contributed by atoms with van der Waals surface area (Å²) in [5, 5.41) is 7.24. The molecule has 0 aliphatic heterocycles. The first-order valence-electron chi connectivity index (χ1n) is 5.71. The zero-order valence-corrected chi connectivity index (χ0v) is 10.6. The van der Waals surface area contributed by atoms with Crippen LogP contribution >= 0.6 is 0 Å². The van der Waals surface area contributed by atoms with Gasteiger partial charge >= 0.3 is 0 Å². The second kappa shape index (κ2) is 5.77. The number of nitrogens with two attached hydrogens (primary N) is 1. The minimum Gasteiger partial charge on any atom is -0.384 e. The molecule has 0 unspecified atom stereocenters. The lowest BCUT2D eigenvalue weighted by atomic mass is 10.1. The van der Waals surface area contributed by atoms with Crippen molar-refractivity contribution in [3.63, 3.8) is 0 Å². The molecule has 0 saturated carbocycles. The number of nitrogen functional groups attached to an aromatic ring is 1. The molecule has 0 saturated heterocycles. The van der Waals surface area contributed by atoms with Gasteiger partial charge in [-0.05, 0) is 19.0 Å². The van der Waals surface area contributed by atoms with Crippen LogP contribution in [0.1, 0.15) is 25.0 Å². The number of hydrogen-bond acceptors (Lipinski definition) is 2. The van der Waals surface area contributed by atoms with Crippen molar-refractivity contribution in [3.05, 3.63) is 35.1 Å². The second-order valence-corrected chi connectivity index (χ2v) is 4.81. The SMILES string of the molecule is CC(C)CN(C)Cc1ccc(C(=N)N)cc1F. The van der Waals surface area contributed by atoms with Gasteiger partial charge in [-0.25, -0.2) is 4.39 Å². The molecule has 94 valence electrons. The van der Waals surface area contributed by atoms with Gasteiger partial charge in [0.15, 0.2) is 0 Å². The summed E-state index contributed by atoms with van der Waals surface area (Å²) >= 11 is 0. The van der Waals surface area contributed by atoms with E-state index in [-0.39, 0.29) is 11.7 Å². The number of benzene rings is 1. The summed E-state index contributed by atoms with van der Waals surface area (Å²) in [7, 11) is 1.97. The van der Waals surface area contributed by atoms with Gasteiger partial charge in [-0.3, -0.25) is 5.41 Å². The first-order valence-corrected chi connectivity index (χ1v) is 5.71. The molecule has 0 heterocycles. The maximum absolute atomic E-state index is 13.7. The highest BCUT2D eigenvalue weighted by atomic mass is 19.1. The van der Waals surface area contributed by atoms with Gasteiger partial charge in [0.1, 0.15) is 11.7 Å². The van der Waals surface area contributed by atoms with Crippen molar-refractivity contribution in [2.75, 3.05) is 13.6 Å². The average Bonchev–Trinajstić information content (AvgIpc) is 2.19. The molecule has 0 bridgehead atoms. The van der Waals surface area contributed by atoms with E-state index in [1.165, 1.54) is 6.07 Å². The molecule has 0 aliphatic rings. The van der Waals surface area contributed by atoms with Crippen molar-refractivity contribution in [3.8, 4) is 0 Å². The Morgan fingerprint density at radius 1 is 1.47 bits per heavy atom. The number of halogens is 1. The van der Waals surface area contributed by atoms with Gasteiger partial charge in [-0.1, -0.05) is 26.0 Å². The molecule has 0 aliphatic carbocycles. The number of amidine groups is 1. The summed E-state index contributed by atoms with van der Waals surface area (Å²) in [6.07, 6.45) is 0. The van der Waals surface area contributed by atoms with Crippen molar-refractivity contribution in [2.24, 2.45) is 11.7 Å². The molecule has 0 amide bonds. The van der Waals surface area contributed by atoms with E-state index < -0.39 is 0 Å². The summed E-state index contributed by atoms with van der Waals surface area (Å²) < 4.78 is 13.7. The van der Waals surface area contributed by atoms with Crippen LogP contribution in [-0.2, 0) is 6.54 Å². The number of hydrogen-bond donors (Lipinski definition) is 2. The molecule has 4 heteroatoms. The van der Waals surface area contributed by atoms with E-state index in [1.807, 2.05) is 7.05 Å². The first-order chi connectivity index (χ1) is 7.90. The van der Waals surface area contributed by atoms with Gasteiger partial charge in [-0.2, -0.15) is 0 Å². The predicted molar refractivity (Wildman–Crippen MR) is 68.6 cm³/mol. The maximum Gasteiger partial charge on any atom is 0.128 e. The molecule has 0 atom stereocenters. The number of rotatable bonds is 5. The van der Waals surface area contributed by atoms with E-state index in [1.54, 1.807) is 12.1 Å². The van der Waals surface area contributed by atoms with E-state index in [9.17, 15) is 4.39 Å². The van der Waals surface area contributed by atoms with Crippen LogP contribution in [0.25, 0.3) is 0 Å². The second-order valence-electron chi connectivity index (χ2n) is 4.81. The summed E-state index contributed by atoms with van der Waals surface area (Å²) in [5.41, 5.74) is 6.37. The van der Waals surface area contributed by atoms with Crippen LogP contribution in [0.3, 0.4) is 0 Å². The van der Waals surface area contributed by atoms with Gasteiger partial charge in [0.2, 0.25) is 0 Å². The Balaban J connectivity index is 2.75. The Morgan fingerprint density at radius 3 is 2.59 bits per heavy atom. The van der Waals surface area contributed by atoms with Gasteiger partial charge in [0, 0.05) is 24.2 Å². The molecule has 1 aromatic rings. The van der Waals surface area contributed by atoms with Gasteiger partial charge in [0.05, 0.1) is 0 Å². The monoisotopic (exact) mass is 237 g/mol. The largest absolute Gasteiger partial charge is 0.384 e. The maximum atomic E-state index is 13.7. The van der Waals surface area contributed by atoms with Gasteiger partial charge < -0.3 is 10.6 Å². The highest BCUT2D eigenvalue weighted by Crippen LogP contribution is 2.12. The lowest BCUT2D eigenvalue weighted by molar-refractivity contribution is 0.284. The molecule has 0 fully saturated rings.